The van der Waals surface area contributed by atoms with Crippen molar-refractivity contribution in [3.8, 4) is 0 Å². The summed E-state index contributed by atoms with van der Waals surface area (Å²) in [5, 5.41) is 2.68. The first-order valence-corrected chi connectivity index (χ1v) is 8.07. The molecule has 0 saturated carbocycles. The average Bonchev–Trinajstić information content (AvgIpc) is 2.92. The molecule has 0 spiro atoms. The summed E-state index contributed by atoms with van der Waals surface area (Å²) < 4.78 is 6.95. The fourth-order valence-corrected chi connectivity index (χ4v) is 2.69. The summed E-state index contributed by atoms with van der Waals surface area (Å²) in [6.45, 7) is 5.97. The van der Waals surface area contributed by atoms with E-state index in [0.717, 1.165) is 5.56 Å². The maximum atomic E-state index is 12.6. The largest absolute Gasteiger partial charge is 0.466 e. The number of hydrogen-bond acceptors (Lipinski definition) is 3. The summed E-state index contributed by atoms with van der Waals surface area (Å²) in [7, 11) is 0. The number of aromatic nitrogens is 1. The highest BCUT2D eigenvalue weighted by molar-refractivity contribution is 6.04. The van der Waals surface area contributed by atoms with Gasteiger partial charge in [-0.3, -0.25) is 9.59 Å². The van der Waals surface area contributed by atoms with Crippen molar-refractivity contribution >= 4 is 11.6 Å². The smallest absolute Gasteiger partial charge is 0.274 e. The number of pyridine rings is 1. The molecule has 0 radical (unpaired) electrons. The molecule has 0 unspecified atom stereocenters. The van der Waals surface area contributed by atoms with Crippen molar-refractivity contribution in [1.82, 2.24) is 4.57 Å². The number of aryl methyl sites for hydroxylation is 3. The summed E-state index contributed by atoms with van der Waals surface area (Å²) in [6.07, 6.45) is 1.71. The predicted molar refractivity (Wildman–Crippen MR) is 97.1 cm³/mol. The van der Waals surface area contributed by atoms with Crippen LogP contribution in [0.3, 0.4) is 0 Å². The quantitative estimate of drug-likeness (QED) is 0.790. The van der Waals surface area contributed by atoms with Crippen molar-refractivity contribution in [2.45, 2.75) is 27.3 Å². The highest BCUT2D eigenvalue weighted by Crippen LogP contribution is 2.15. The van der Waals surface area contributed by atoms with E-state index in [4.69, 9.17) is 4.42 Å². The second kappa shape index (κ2) is 6.81. The molecule has 5 heteroatoms. The second-order valence-electron chi connectivity index (χ2n) is 6.12. The van der Waals surface area contributed by atoms with E-state index in [-0.39, 0.29) is 17.2 Å². The minimum absolute atomic E-state index is 0.241. The molecular weight excluding hydrogens is 316 g/mol. The molecule has 128 valence electrons. The van der Waals surface area contributed by atoms with E-state index in [1.54, 1.807) is 42.8 Å². The number of carbonyl (C=O) groups excluding carboxylic acids is 1. The zero-order chi connectivity index (χ0) is 18.0. The Labute approximate surface area is 145 Å². The van der Waals surface area contributed by atoms with Gasteiger partial charge in [-0.05, 0) is 44.5 Å². The van der Waals surface area contributed by atoms with Crippen LogP contribution in [0.4, 0.5) is 5.69 Å². The third-order valence-electron chi connectivity index (χ3n) is 4.03. The molecular formula is C20H20N2O3. The predicted octanol–water partition coefficient (Wildman–Crippen LogP) is 3.67. The molecule has 0 aliphatic carbocycles. The lowest BCUT2D eigenvalue weighted by molar-refractivity contribution is 0.102. The van der Waals surface area contributed by atoms with Crippen LogP contribution < -0.4 is 10.9 Å². The number of rotatable bonds is 4. The Kier molecular flexibility index (Phi) is 4.57. The molecule has 0 atom stereocenters. The van der Waals surface area contributed by atoms with Crippen molar-refractivity contribution in [1.29, 1.82) is 0 Å². The van der Waals surface area contributed by atoms with E-state index in [1.165, 1.54) is 5.56 Å². The minimum Gasteiger partial charge on any atom is -0.466 e. The van der Waals surface area contributed by atoms with Gasteiger partial charge in [0.05, 0.1) is 12.1 Å². The number of anilines is 1. The monoisotopic (exact) mass is 336 g/mol. The van der Waals surface area contributed by atoms with Crippen molar-refractivity contribution in [2.24, 2.45) is 0 Å². The van der Waals surface area contributed by atoms with Crippen LogP contribution in [-0.4, -0.2) is 10.5 Å². The summed E-state index contributed by atoms with van der Waals surface area (Å²) in [5.74, 6) is 0.845. The Balaban J connectivity index is 1.83. The highest BCUT2D eigenvalue weighted by Gasteiger charge is 2.15. The SMILES string of the molecule is Cc1ccc(Cn2cccc(NC(=O)c3cc(C)oc3C)c2=O)cc1. The summed E-state index contributed by atoms with van der Waals surface area (Å²) in [5.41, 5.74) is 2.64. The second-order valence-corrected chi connectivity index (χ2v) is 6.12. The molecule has 0 bridgehead atoms. The molecule has 2 heterocycles. The molecule has 25 heavy (non-hydrogen) atoms. The van der Waals surface area contributed by atoms with Crippen LogP contribution in [0.5, 0.6) is 0 Å². The Morgan fingerprint density at radius 3 is 2.48 bits per heavy atom. The highest BCUT2D eigenvalue weighted by atomic mass is 16.3. The lowest BCUT2D eigenvalue weighted by Gasteiger charge is -2.09. The van der Waals surface area contributed by atoms with Gasteiger partial charge < -0.3 is 14.3 Å². The van der Waals surface area contributed by atoms with Gasteiger partial charge in [0.2, 0.25) is 0 Å². The number of nitrogens with one attached hydrogen (secondary N) is 1. The summed E-state index contributed by atoms with van der Waals surface area (Å²) in [4.78, 5) is 25.0. The number of benzene rings is 1. The lowest BCUT2D eigenvalue weighted by atomic mass is 10.1. The van der Waals surface area contributed by atoms with Gasteiger partial charge in [0, 0.05) is 6.20 Å². The van der Waals surface area contributed by atoms with Gasteiger partial charge in [-0.15, -0.1) is 0 Å². The maximum absolute atomic E-state index is 12.6. The number of carbonyl (C=O) groups is 1. The van der Waals surface area contributed by atoms with Crippen molar-refractivity contribution < 1.29 is 9.21 Å². The molecule has 0 aliphatic rings. The van der Waals surface area contributed by atoms with Crippen LogP contribution >= 0.6 is 0 Å². The normalized spacial score (nSPS) is 10.7. The third-order valence-corrected chi connectivity index (χ3v) is 4.03. The van der Waals surface area contributed by atoms with Crippen molar-refractivity contribution in [2.75, 3.05) is 5.32 Å². The van der Waals surface area contributed by atoms with Gasteiger partial charge >= 0.3 is 0 Å². The molecule has 0 saturated heterocycles. The van der Waals surface area contributed by atoms with Crippen LogP contribution in [0.2, 0.25) is 0 Å². The molecule has 3 aromatic rings. The van der Waals surface area contributed by atoms with Gasteiger partial charge in [-0.1, -0.05) is 29.8 Å². The molecule has 3 rings (SSSR count). The number of nitrogens with zero attached hydrogens (tertiary/aromatic N) is 1. The van der Waals surface area contributed by atoms with E-state index in [0.29, 0.717) is 23.6 Å². The maximum Gasteiger partial charge on any atom is 0.274 e. The first kappa shape index (κ1) is 16.8. The zero-order valence-electron chi connectivity index (χ0n) is 14.5. The topological polar surface area (TPSA) is 64.2 Å². The first-order chi connectivity index (χ1) is 11.9. The Morgan fingerprint density at radius 1 is 1.12 bits per heavy atom. The number of hydrogen-bond donors (Lipinski definition) is 1. The summed E-state index contributed by atoms with van der Waals surface area (Å²) in [6, 6.07) is 13.0. The Hall–Kier alpha value is -3.08. The van der Waals surface area contributed by atoms with Crippen LogP contribution in [0, 0.1) is 20.8 Å². The van der Waals surface area contributed by atoms with E-state index in [1.807, 2.05) is 31.2 Å². The molecule has 1 aromatic carbocycles. The number of amides is 1. The van der Waals surface area contributed by atoms with Gasteiger partial charge in [-0.25, -0.2) is 0 Å². The Morgan fingerprint density at radius 2 is 1.84 bits per heavy atom. The van der Waals surface area contributed by atoms with Crippen LogP contribution in [-0.2, 0) is 6.54 Å². The molecule has 1 amide bonds. The molecule has 1 N–H and O–H groups in total. The van der Waals surface area contributed by atoms with E-state index in [2.05, 4.69) is 5.32 Å². The first-order valence-electron chi connectivity index (χ1n) is 8.07. The van der Waals surface area contributed by atoms with E-state index in [9.17, 15) is 9.59 Å². The minimum atomic E-state index is -0.348. The zero-order valence-corrected chi connectivity index (χ0v) is 14.5. The van der Waals surface area contributed by atoms with Gasteiger partial charge in [0.1, 0.15) is 17.2 Å². The molecule has 0 fully saturated rings. The van der Waals surface area contributed by atoms with Gasteiger partial charge in [-0.2, -0.15) is 0 Å². The summed E-state index contributed by atoms with van der Waals surface area (Å²) >= 11 is 0. The van der Waals surface area contributed by atoms with Crippen molar-refractivity contribution in [3.63, 3.8) is 0 Å². The van der Waals surface area contributed by atoms with Crippen LogP contribution in [0.25, 0.3) is 0 Å². The molecule has 0 aliphatic heterocycles. The third kappa shape index (κ3) is 3.71. The Bertz CT molecular complexity index is 965. The van der Waals surface area contributed by atoms with E-state index < -0.39 is 0 Å². The van der Waals surface area contributed by atoms with Crippen LogP contribution in [0.15, 0.2) is 57.9 Å². The fraction of sp³-hybridized carbons (Fsp3) is 0.200. The van der Waals surface area contributed by atoms with Crippen LogP contribution in [0.1, 0.15) is 33.0 Å². The number of furan rings is 1. The van der Waals surface area contributed by atoms with Crippen molar-refractivity contribution in [3.05, 3.63) is 87.2 Å². The van der Waals surface area contributed by atoms with E-state index >= 15 is 0 Å². The van der Waals surface area contributed by atoms with Gasteiger partial charge in [0.25, 0.3) is 11.5 Å². The molecule has 2 aromatic heterocycles. The average molecular weight is 336 g/mol. The van der Waals surface area contributed by atoms with Gasteiger partial charge in [0.15, 0.2) is 0 Å². The molecule has 5 nitrogen and oxygen atoms in total. The lowest BCUT2D eigenvalue weighted by Crippen LogP contribution is -2.25. The fourth-order valence-electron chi connectivity index (χ4n) is 2.69. The standard InChI is InChI=1S/C20H20N2O3/c1-13-6-8-16(9-7-13)12-22-10-4-5-18(20(22)24)21-19(23)17-11-14(2)25-15(17)3/h4-11H,12H2,1-3H3,(H,21,23).